The molecule has 4 aromatic carbocycles. The van der Waals surface area contributed by atoms with E-state index < -0.39 is 5.41 Å². The Morgan fingerprint density at radius 2 is 1.31 bits per heavy atom. The molecule has 3 heterocycles. The van der Waals surface area contributed by atoms with Crippen LogP contribution in [0.15, 0.2) is 150 Å². The number of benzene rings is 4. The Morgan fingerprint density at radius 1 is 0.694 bits per heavy atom. The number of rotatable bonds is 4. The van der Waals surface area contributed by atoms with Crippen molar-refractivity contribution >= 4 is 51.6 Å². The number of Topliss-reactive ketones (excluding diaryl/α,β-unsaturated/α-hetero) is 2. The van der Waals surface area contributed by atoms with E-state index in [1.807, 2.05) is 12.1 Å². The monoisotopic (exact) mass is 649 g/mol. The van der Waals surface area contributed by atoms with E-state index in [0.717, 1.165) is 44.4 Å². The van der Waals surface area contributed by atoms with Crippen molar-refractivity contribution in [2.45, 2.75) is 18.0 Å². The molecule has 2 aromatic heterocycles. The lowest BCUT2D eigenvalue weighted by Crippen LogP contribution is -2.38. The first-order valence-corrected chi connectivity index (χ1v) is 17.2. The Morgan fingerprint density at radius 3 is 1.96 bits per heavy atom. The van der Waals surface area contributed by atoms with Crippen molar-refractivity contribution in [2.24, 2.45) is 4.99 Å². The lowest BCUT2D eigenvalue weighted by atomic mass is 9.72. The third-order valence-corrected chi connectivity index (χ3v) is 11.3. The first-order chi connectivity index (χ1) is 24.1. The molecule has 232 valence electrons. The minimum Gasteiger partial charge on any atom is -0.319 e. The number of carbonyl (C=O) groups is 2. The molecule has 10 rings (SSSR count). The van der Waals surface area contributed by atoms with Crippen LogP contribution in [0.2, 0.25) is 0 Å². The molecule has 6 aromatic rings. The Labute approximate surface area is 287 Å². The Bertz CT molecular complexity index is 2350. The van der Waals surface area contributed by atoms with Crippen molar-refractivity contribution < 1.29 is 9.59 Å². The van der Waals surface area contributed by atoms with Crippen LogP contribution in [0, 0.1) is 0 Å². The third-order valence-electron chi connectivity index (χ3n) is 10.2. The normalized spacial score (nSPS) is 18.4. The van der Waals surface area contributed by atoms with Crippen molar-refractivity contribution in [1.82, 2.24) is 4.98 Å². The lowest BCUT2D eigenvalue weighted by Gasteiger charge is -2.36. The molecular weight excluding hydrogens is 623 g/mol. The fraction of sp³-hybridized carbons (Fsp3) is 0.0698. The Balaban J connectivity index is 1.19. The van der Waals surface area contributed by atoms with Crippen molar-refractivity contribution in [2.75, 3.05) is 4.90 Å². The van der Waals surface area contributed by atoms with E-state index in [1.165, 1.54) is 28.5 Å². The van der Waals surface area contributed by atoms with Crippen LogP contribution in [0.5, 0.6) is 0 Å². The van der Waals surface area contributed by atoms with Gasteiger partial charge in [-0.3, -0.25) is 19.6 Å². The summed E-state index contributed by atoms with van der Waals surface area (Å²) in [4.78, 5) is 40.9. The maximum absolute atomic E-state index is 13.4. The molecule has 1 spiro atoms. The quantitative estimate of drug-likeness (QED) is 0.141. The van der Waals surface area contributed by atoms with Gasteiger partial charge in [-0.15, -0.1) is 11.3 Å². The van der Waals surface area contributed by atoms with Gasteiger partial charge in [-0.25, -0.2) is 0 Å². The molecular formula is C43H27N3O2S. The van der Waals surface area contributed by atoms with E-state index in [-0.39, 0.29) is 23.3 Å². The number of aromatic nitrogens is 1. The number of allylic oxidation sites excluding steroid dienone is 2. The highest BCUT2D eigenvalue weighted by Gasteiger charge is 2.56. The predicted molar refractivity (Wildman–Crippen MR) is 196 cm³/mol. The van der Waals surface area contributed by atoms with Crippen LogP contribution in [0.4, 0.5) is 11.4 Å². The van der Waals surface area contributed by atoms with E-state index in [1.54, 1.807) is 29.7 Å². The SMILES string of the molecule is O=C1/C(=C\c2cc3c(s2)C2=CCC(N(c4ccccc4)c4ccccc4)N=C2C32c3ccccc3-c3ccccc32)C(=O)c2cnccc21. The van der Waals surface area contributed by atoms with Crippen molar-refractivity contribution in [1.29, 1.82) is 0 Å². The molecule has 1 atom stereocenters. The zero-order chi connectivity index (χ0) is 32.7. The first kappa shape index (κ1) is 28.1. The molecule has 3 aliphatic carbocycles. The van der Waals surface area contributed by atoms with Gasteiger partial charge in [-0.05, 0) is 70.3 Å². The fourth-order valence-corrected chi connectivity index (χ4v) is 9.43. The maximum Gasteiger partial charge on any atom is 0.199 e. The van der Waals surface area contributed by atoms with Crippen LogP contribution in [-0.4, -0.2) is 28.4 Å². The Hall–Kier alpha value is -5.98. The number of hydrogen-bond donors (Lipinski definition) is 0. The van der Waals surface area contributed by atoms with E-state index in [4.69, 9.17) is 4.99 Å². The predicted octanol–water partition coefficient (Wildman–Crippen LogP) is 9.33. The maximum atomic E-state index is 13.4. The molecule has 0 saturated carbocycles. The first-order valence-electron chi connectivity index (χ1n) is 16.4. The molecule has 1 unspecified atom stereocenters. The molecule has 0 fully saturated rings. The molecule has 0 N–H and O–H groups in total. The van der Waals surface area contributed by atoms with Gasteiger partial charge in [-0.2, -0.15) is 0 Å². The number of para-hydroxylation sites is 2. The van der Waals surface area contributed by atoms with Crippen LogP contribution < -0.4 is 4.90 Å². The van der Waals surface area contributed by atoms with Crippen molar-refractivity contribution in [3.63, 3.8) is 0 Å². The summed E-state index contributed by atoms with van der Waals surface area (Å²) >= 11 is 1.63. The summed E-state index contributed by atoms with van der Waals surface area (Å²) in [7, 11) is 0. The topological polar surface area (TPSA) is 62.6 Å². The number of carbonyl (C=O) groups excluding carboxylic acids is 2. The number of aliphatic imine (C=N–C) groups is 1. The standard InChI is InChI=1S/C43H27N3O2S/c47-39-31-21-22-44-25-34(31)40(48)33(39)23-28-24-37-41(49-28)32-19-20-38(46(26-11-3-1-4-12-26)27-13-5-2-6-14-27)45-42(32)43(37)35-17-9-7-15-29(35)30-16-8-10-18-36(30)43/h1-19,21-25,38H,20H2/b33-23+. The van der Waals surface area contributed by atoms with E-state index in [0.29, 0.717) is 11.1 Å². The van der Waals surface area contributed by atoms with Crippen LogP contribution in [0.3, 0.4) is 0 Å². The number of anilines is 2. The average Bonchev–Trinajstić information content (AvgIpc) is 3.85. The second kappa shape index (κ2) is 10.5. The summed E-state index contributed by atoms with van der Waals surface area (Å²) < 4.78 is 0. The minimum atomic E-state index is -0.643. The second-order valence-corrected chi connectivity index (χ2v) is 13.8. The second-order valence-electron chi connectivity index (χ2n) is 12.7. The molecule has 1 aliphatic heterocycles. The van der Waals surface area contributed by atoms with Crippen LogP contribution in [0.1, 0.15) is 53.6 Å². The highest BCUT2D eigenvalue weighted by atomic mass is 32.1. The van der Waals surface area contributed by atoms with Crippen LogP contribution >= 0.6 is 11.3 Å². The number of nitrogens with zero attached hydrogens (tertiary/aromatic N) is 3. The summed E-state index contributed by atoms with van der Waals surface area (Å²) in [6, 6.07) is 42.1. The zero-order valence-electron chi connectivity index (χ0n) is 26.2. The van der Waals surface area contributed by atoms with Gasteiger partial charge in [0.25, 0.3) is 0 Å². The number of ketones is 2. The number of thiophene rings is 1. The van der Waals surface area contributed by atoms with Gasteiger partial charge in [0.05, 0.1) is 22.3 Å². The third kappa shape index (κ3) is 3.86. The highest BCUT2D eigenvalue weighted by molar-refractivity contribution is 7.15. The Kier molecular flexibility index (Phi) is 6.02. The van der Waals surface area contributed by atoms with Gasteiger partial charge in [-0.1, -0.05) is 91.0 Å². The van der Waals surface area contributed by atoms with Gasteiger partial charge in [0.15, 0.2) is 11.6 Å². The molecule has 49 heavy (non-hydrogen) atoms. The minimum absolute atomic E-state index is 0.170. The number of hydrogen-bond acceptors (Lipinski definition) is 6. The molecule has 4 aliphatic rings. The lowest BCUT2D eigenvalue weighted by molar-refractivity contribution is 0.0990. The van der Waals surface area contributed by atoms with E-state index in [9.17, 15) is 9.59 Å². The summed E-state index contributed by atoms with van der Waals surface area (Å²) in [5.41, 5.74) is 10.6. The number of pyridine rings is 1. The van der Waals surface area contributed by atoms with Gasteiger partial charge >= 0.3 is 0 Å². The molecule has 0 radical (unpaired) electrons. The molecule has 6 heteroatoms. The molecule has 0 saturated heterocycles. The fourth-order valence-electron chi connectivity index (χ4n) is 8.23. The summed E-state index contributed by atoms with van der Waals surface area (Å²) in [6.07, 6.45) is 7.73. The smallest absolute Gasteiger partial charge is 0.199 e. The van der Waals surface area contributed by atoms with Crippen molar-refractivity contribution in [3.8, 4) is 11.1 Å². The van der Waals surface area contributed by atoms with Crippen LogP contribution in [0.25, 0.3) is 22.8 Å². The van der Waals surface area contributed by atoms with E-state index >= 15 is 0 Å². The van der Waals surface area contributed by atoms with E-state index in [2.05, 4.69) is 119 Å². The summed E-state index contributed by atoms with van der Waals surface area (Å²) in [6.45, 7) is 0. The largest absolute Gasteiger partial charge is 0.319 e. The number of dihydropyridines is 1. The molecule has 0 amide bonds. The summed E-state index contributed by atoms with van der Waals surface area (Å²) in [5.74, 6) is -0.511. The van der Waals surface area contributed by atoms with Gasteiger partial charge in [0.1, 0.15) is 6.17 Å². The highest BCUT2D eigenvalue weighted by Crippen LogP contribution is 2.62. The average molecular weight is 650 g/mol. The van der Waals surface area contributed by atoms with Crippen molar-refractivity contribution in [3.05, 3.63) is 183 Å². The zero-order valence-corrected chi connectivity index (χ0v) is 27.0. The molecule has 5 nitrogen and oxygen atoms in total. The number of fused-ring (bicyclic) bond motifs is 11. The summed E-state index contributed by atoms with van der Waals surface area (Å²) in [5, 5.41) is 0. The van der Waals surface area contributed by atoms with Gasteiger partial charge in [0, 0.05) is 51.1 Å². The molecule has 0 bridgehead atoms. The van der Waals surface area contributed by atoms with Gasteiger partial charge in [0.2, 0.25) is 0 Å². The van der Waals surface area contributed by atoms with Gasteiger partial charge < -0.3 is 4.90 Å². The van der Waals surface area contributed by atoms with Crippen LogP contribution in [-0.2, 0) is 5.41 Å².